The summed E-state index contributed by atoms with van der Waals surface area (Å²) in [6.07, 6.45) is 0.339. The van der Waals surface area contributed by atoms with E-state index in [4.69, 9.17) is 0 Å². The van der Waals surface area contributed by atoms with Gasteiger partial charge in [-0.3, -0.25) is 9.59 Å². The molecule has 0 aromatic rings. The Kier molecular flexibility index (Phi) is 7.83. The van der Waals surface area contributed by atoms with E-state index in [2.05, 4.69) is 16.0 Å². The molecular weight excluding hydrogens is 182 g/mol. The third-order valence-corrected chi connectivity index (χ3v) is 1.58. The number of amides is 2. The molecule has 82 valence electrons. The lowest BCUT2D eigenvalue weighted by Gasteiger charge is -2.05. The molecule has 0 fully saturated rings. The Labute approximate surface area is 84.6 Å². The summed E-state index contributed by atoms with van der Waals surface area (Å²) < 4.78 is 0. The highest BCUT2D eigenvalue weighted by molar-refractivity contribution is 5.80. The van der Waals surface area contributed by atoms with Gasteiger partial charge in [0.1, 0.15) is 0 Å². The van der Waals surface area contributed by atoms with Gasteiger partial charge in [0, 0.05) is 19.5 Å². The van der Waals surface area contributed by atoms with Crippen LogP contribution in [-0.2, 0) is 9.59 Å². The first-order valence-electron chi connectivity index (χ1n) is 4.94. The van der Waals surface area contributed by atoms with Crippen LogP contribution in [0.2, 0.25) is 0 Å². The lowest BCUT2D eigenvalue weighted by molar-refractivity contribution is -0.121. The zero-order valence-corrected chi connectivity index (χ0v) is 8.85. The molecule has 2 amide bonds. The Balaban J connectivity index is 3.34. The van der Waals surface area contributed by atoms with Crippen LogP contribution in [0.15, 0.2) is 0 Å². The van der Waals surface area contributed by atoms with Gasteiger partial charge in [-0.2, -0.15) is 0 Å². The van der Waals surface area contributed by atoms with E-state index in [-0.39, 0.29) is 11.8 Å². The maximum absolute atomic E-state index is 11.0. The van der Waals surface area contributed by atoms with Crippen molar-refractivity contribution in [3.63, 3.8) is 0 Å². The van der Waals surface area contributed by atoms with Gasteiger partial charge in [0.05, 0.1) is 6.54 Å². The zero-order valence-electron chi connectivity index (χ0n) is 8.85. The molecule has 0 rings (SSSR count). The second kappa shape index (κ2) is 8.50. The van der Waals surface area contributed by atoms with Crippen LogP contribution in [0.25, 0.3) is 0 Å². The van der Waals surface area contributed by atoms with Gasteiger partial charge in [-0.1, -0.05) is 6.92 Å². The molecule has 0 aromatic heterocycles. The molecule has 0 aliphatic rings. The minimum absolute atomic E-state index is 0.0312. The number of hydrogen-bond donors (Lipinski definition) is 3. The van der Waals surface area contributed by atoms with Crippen LogP contribution in [0.4, 0.5) is 0 Å². The van der Waals surface area contributed by atoms with Crippen molar-refractivity contribution < 1.29 is 9.59 Å². The average molecular weight is 201 g/mol. The minimum atomic E-state index is -0.0730. The van der Waals surface area contributed by atoms with Crippen molar-refractivity contribution in [3.8, 4) is 0 Å². The summed E-state index contributed by atoms with van der Waals surface area (Å²) in [5.74, 6) is -0.104. The Morgan fingerprint density at radius 2 is 1.71 bits per heavy atom. The van der Waals surface area contributed by atoms with Gasteiger partial charge in [0.15, 0.2) is 0 Å². The van der Waals surface area contributed by atoms with Gasteiger partial charge in [-0.25, -0.2) is 0 Å². The highest BCUT2D eigenvalue weighted by atomic mass is 16.2. The molecule has 0 heterocycles. The molecule has 5 heteroatoms. The monoisotopic (exact) mass is 201 g/mol. The second-order valence-corrected chi connectivity index (χ2v) is 2.83. The lowest BCUT2D eigenvalue weighted by atomic mass is 10.4. The molecule has 0 saturated heterocycles. The van der Waals surface area contributed by atoms with Gasteiger partial charge in [0.25, 0.3) is 0 Å². The summed E-state index contributed by atoms with van der Waals surface area (Å²) in [5.41, 5.74) is 0. The molecular formula is C9H19N3O2. The number of likely N-dealkylation sites (N-methyl/N-ethyl adjacent to an activating group) is 1. The first-order chi connectivity index (χ1) is 6.70. The molecule has 0 aliphatic carbocycles. The Morgan fingerprint density at radius 3 is 2.29 bits per heavy atom. The maximum atomic E-state index is 11.0. The van der Waals surface area contributed by atoms with Gasteiger partial charge < -0.3 is 16.0 Å². The Bertz CT molecular complexity index is 183. The van der Waals surface area contributed by atoms with E-state index in [0.29, 0.717) is 26.1 Å². The number of carbonyl (C=O) groups is 2. The number of hydrogen-bond acceptors (Lipinski definition) is 3. The van der Waals surface area contributed by atoms with Crippen LogP contribution < -0.4 is 16.0 Å². The fraction of sp³-hybridized carbons (Fsp3) is 0.778. The van der Waals surface area contributed by atoms with E-state index in [1.165, 1.54) is 0 Å². The first-order valence-corrected chi connectivity index (χ1v) is 4.94. The van der Waals surface area contributed by atoms with E-state index in [9.17, 15) is 9.59 Å². The van der Waals surface area contributed by atoms with Gasteiger partial charge in [-0.15, -0.1) is 0 Å². The summed E-state index contributed by atoms with van der Waals surface area (Å²) in [6, 6.07) is 0. The van der Waals surface area contributed by atoms with Gasteiger partial charge in [0.2, 0.25) is 11.8 Å². The second-order valence-electron chi connectivity index (χ2n) is 2.83. The fourth-order valence-electron chi connectivity index (χ4n) is 0.902. The number of carbonyl (C=O) groups excluding carboxylic acids is 2. The van der Waals surface area contributed by atoms with Crippen LogP contribution in [0.1, 0.15) is 20.3 Å². The van der Waals surface area contributed by atoms with Crippen molar-refractivity contribution >= 4 is 11.8 Å². The summed E-state index contributed by atoms with van der Waals surface area (Å²) >= 11 is 0. The fourth-order valence-corrected chi connectivity index (χ4v) is 0.902. The smallest absolute Gasteiger partial charge is 0.233 e. The van der Waals surface area contributed by atoms with Crippen LogP contribution in [0.3, 0.4) is 0 Å². The van der Waals surface area contributed by atoms with Crippen LogP contribution in [0.5, 0.6) is 0 Å². The van der Waals surface area contributed by atoms with E-state index in [0.717, 1.165) is 6.54 Å². The molecule has 0 saturated carbocycles. The van der Waals surface area contributed by atoms with Gasteiger partial charge in [-0.05, 0) is 13.5 Å². The van der Waals surface area contributed by atoms with E-state index in [1.807, 2.05) is 13.8 Å². The predicted octanol–water partition coefficient (Wildman–Crippen LogP) is -0.762. The minimum Gasteiger partial charge on any atom is -0.356 e. The van der Waals surface area contributed by atoms with Crippen molar-refractivity contribution in [3.05, 3.63) is 0 Å². The summed E-state index contributed by atoms with van der Waals surface area (Å²) in [6.45, 7) is 5.90. The van der Waals surface area contributed by atoms with Gasteiger partial charge >= 0.3 is 0 Å². The standard InChI is InChI=1S/C9H19N3O2/c1-3-10-7-9(14)12-6-5-8(13)11-4-2/h10H,3-7H2,1-2H3,(H,11,13)(H,12,14). The lowest BCUT2D eigenvalue weighted by Crippen LogP contribution is -2.36. The first kappa shape index (κ1) is 12.9. The Morgan fingerprint density at radius 1 is 1.00 bits per heavy atom. The van der Waals surface area contributed by atoms with Crippen molar-refractivity contribution in [1.82, 2.24) is 16.0 Å². The van der Waals surface area contributed by atoms with Crippen molar-refractivity contribution in [2.45, 2.75) is 20.3 Å². The highest BCUT2D eigenvalue weighted by Gasteiger charge is 2.01. The molecule has 0 bridgehead atoms. The summed E-state index contributed by atoms with van der Waals surface area (Å²) in [4.78, 5) is 22.0. The van der Waals surface area contributed by atoms with Crippen molar-refractivity contribution in [2.75, 3.05) is 26.2 Å². The third kappa shape index (κ3) is 7.54. The summed E-state index contributed by atoms with van der Waals surface area (Å²) in [7, 11) is 0. The molecule has 0 spiro atoms. The number of rotatable bonds is 7. The maximum Gasteiger partial charge on any atom is 0.233 e. The zero-order chi connectivity index (χ0) is 10.8. The molecule has 5 nitrogen and oxygen atoms in total. The molecule has 14 heavy (non-hydrogen) atoms. The molecule has 0 unspecified atom stereocenters. The molecule has 0 aliphatic heterocycles. The van der Waals surface area contributed by atoms with Crippen molar-refractivity contribution in [1.29, 1.82) is 0 Å². The molecule has 0 atom stereocenters. The molecule has 0 aromatic carbocycles. The average Bonchev–Trinajstić information content (AvgIpc) is 2.15. The third-order valence-electron chi connectivity index (χ3n) is 1.58. The highest BCUT2D eigenvalue weighted by Crippen LogP contribution is 1.76. The molecule has 0 radical (unpaired) electrons. The van der Waals surface area contributed by atoms with E-state index < -0.39 is 0 Å². The SMILES string of the molecule is CCNCC(=O)NCCC(=O)NCC. The van der Waals surface area contributed by atoms with Crippen LogP contribution in [-0.4, -0.2) is 38.0 Å². The predicted molar refractivity (Wildman–Crippen MR) is 54.9 cm³/mol. The Hall–Kier alpha value is -1.10. The van der Waals surface area contributed by atoms with Crippen LogP contribution in [0, 0.1) is 0 Å². The normalized spacial score (nSPS) is 9.57. The van der Waals surface area contributed by atoms with E-state index >= 15 is 0 Å². The molecule has 3 N–H and O–H groups in total. The largest absolute Gasteiger partial charge is 0.356 e. The number of nitrogens with one attached hydrogen (secondary N) is 3. The quantitative estimate of drug-likeness (QED) is 0.507. The summed E-state index contributed by atoms with van der Waals surface area (Å²) in [5, 5.41) is 8.20. The van der Waals surface area contributed by atoms with E-state index in [1.54, 1.807) is 0 Å². The topological polar surface area (TPSA) is 70.2 Å². The van der Waals surface area contributed by atoms with Crippen molar-refractivity contribution in [2.24, 2.45) is 0 Å². The van der Waals surface area contributed by atoms with Crippen LogP contribution >= 0.6 is 0 Å².